The van der Waals surface area contributed by atoms with Crippen molar-refractivity contribution >= 4 is 29.2 Å². The quantitative estimate of drug-likeness (QED) is 0.719. The third kappa shape index (κ3) is 3.73. The van der Waals surface area contributed by atoms with Crippen LogP contribution < -0.4 is 10.5 Å². The van der Waals surface area contributed by atoms with Crippen molar-refractivity contribution < 1.29 is 19.1 Å². The van der Waals surface area contributed by atoms with Gasteiger partial charge in [0.15, 0.2) is 0 Å². The van der Waals surface area contributed by atoms with E-state index in [0.717, 1.165) is 4.68 Å². The molecule has 0 radical (unpaired) electrons. The van der Waals surface area contributed by atoms with Crippen LogP contribution in [0.3, 0.4) is 0 Å². The predicted molar refractivity (Wildman–Crippen MR) is 103 cm³/mol. The van der Waals surface area contributed by atoms with Crippen LogP contribution in [0.1, 0.15) is 23.2 Å². The van der Waals surface area contributed by atoms with Gasteiger partial charge in [-0.2, -0.15) is 9.78 Å². The maximum atomic E-state index is 12.8. The molecule has 1 aliphatic heterocycles. The van der Waals surface area contributed by atoms with Crippen LogP contribution in [0.25, 0.3) is 5.69 Å². The summed E-state index contributed by atoms with van der Waals surface area (Å²) < 4.78 is 10.6. The molecule has 1 aromatic carbocycles. The Hall–Kier alpha value is -2.87. The van der Waals surface area contributed by atoms with Crippen LogP contribution in [0.4, 0.5) is 5.69 Å². The lowest BCUT2D eigenvalue weighted by Crippen LogP contribution is -2.38. The molecule has 1 fully saturated rings. The molecule has 0 unspecified atom stereocenters. The highest BCUT2D eigenvalue weighted by atomic mass is 35.5. The summed E-state index contributed by atoms with van der Waals surface area (Å²) in [6, 6.07) is 6.50. The molecule has 0 bridgehead atoms. The van der Waals surface area contributed by atoms with Gasteiger partial charge in [0.1, 0.15) is 5.02 Å². The van der Waals surface area contributed by atoms with Crippen molar-refractivity contribution in [3.8, 4) is 5.69 Å². The summed E-state index contributed by atoms with van der Waals surface area (Å²) in [7, 11) is 2.64. The van der Waals surface area contributed by atoms with Gasteiger partial charge in [-0.25, -0.2) is 4.79 Å². The molecule has 0 spiro atoms. The van der Waals surface area contributed by atoms with E-state index in [2.05, 4.69) is 5.10 Å². The number of methoxy groups -OCH3 is 2. The van der Waals surface area contributed by atoms with Crippen molar-refractivity contribution in [1.82, 2.24) is 9.78 Å². The van der Waals surface area contributed by atoms with E-state index >= 15 is 0 Å². The first-order chi connectivity index (χ1) is 13.5. The molecule has 1 aliphatic rings. The molecule has 2 aromatic rings. The van der Waals surface area contributed by atoms with E-state index in [1.807, 2.05) is 4.90 Å². The number of aromatic nitrogens is 2. The van der Waals surface area contributed by atoms with Crippen LogP contribution in [0.2, 0.25) is 5.02 Å². The third-order valence-corrected chi connectivity index (χ3v) is 5.16. The molecular weight excluding hydrogens is 386 g/mol. The lowest BCUT2D eigenvalue weighted by molar-refractivity contribution is -0.146. The van der Waals surface area contributed by atoms with Gasteiger partial charge in [-0.15, -0.1) is 0 Å². The number of benzene rings is 1. The number of carbonyl (C=O) groups excluding carboxylic acids is 2. The van der Waals surface area contributed by atoms with E-state index in [4.69, 9.17) is 21.1 Å². The number of para-hydroxylation sites is 1. The maximum absolute atomic E-state index is 12.8. The van der Waals surface area contributed by atoms with Crippen molar-refractivity contribution in [2.75, 3.05) is 32.2 Å². The fraction of sp³-hybridized carbons (Fsp3) is 0.368. The summed E-state index contributed by atoms with van der Waals surface area (Å²) in [6.45, 7) is 1.12. The number of hydrogen-bond donors (Lipinski definition) is 0. The zero-order valence-electron chi connectivity index (χ0n) is 15.6. The topological polar surface area (TPSA) is 90.7 Å². The SMILES string of the molecule is COC(=O)c1ccccc1-n1ncc(N2CCC(C(=O)OC)CC2)c(Cl)c1=O. The van der Waals surface area contributed by atoms with Gasteiger partial charge in [0.05, 0.1) is 43.3 Å². The minimum absolute atomic E-state index is 0.00573. The lowest BCUT2D eigenvalue weighted by Gasteiger charge is -2.32. The molecular formula is C19H20ClN3O5. The second kappa shape index (κ2) is 8.43. The molecule has 0 amide bonds. The monoisotopic (exact) mass is 405 g/mol. The van der Waals surface area contributed by atoms with Crippen molar-refractivity contribution in [3.05, 3.63) is 51.4 Å². The zero-order chi connectivity index (χ0) is 20.3. The summed E-state index contributed by atoms with van der Waals surface area (Å²) in [5.74, 6) is -0.951. The van der Waals surface area contributed by atoms with E-state index in [1.165, 1.54) is 20.4 Å². The number of ether oxygens (including phenoxy) is 2. The van der Waals surface area contributed by atoms with Crippen molar-refractivity contribution in [1.29, 1.82) is 0 Å². The largest absolute Gasteiger partial charge is 0.469 e. The van der Waals surface area contributed by atoms with Gasteiger partial charge in [-0.3, -0.25) is 9.59 Å². The average Bonchev–Trinajstić information content (AvgIpc) is 2.74. The number of halogens is 1. The molecule has 9 heteroatoms. The van der Waals surface area contributed by atoms with Crippen molar-refractivity contribution in [3.63, 3.8) is 0 Å². The molecule has 1 saturated heterocycles. The Morgan fingerprint density at radius 3 is 2.43 bits per heavy atom. The number of carbonyl (C=O) groups is 2. The van der Waals surface area contributed by atoms with Gasteiger partial charge in [-0.05, 0) is 25.0 Å². The number of anilines is 1. The van der Waals surface area contributed by atoms with Crippen LogP contribution in [0.15, 0.2) is 35.3 Å². The van der Waals surface area contributed by atoms with E-state index in [9.17, 15) is 14.4 Å². The summed E-state index contributed by atoms with van der Waals surface area (Å²) in [5, 5.41) is 4.22. The van der Waals surface area contributed by atoms with E-state index in [0.29, 0.717) is 31.6 Å². The Kier molecular flexibility index (Phi) is 5.99. The smallest absolute Gasteiger partial charge is 0.340 e. The summed E-state index contributed by atoms with van der Waals surface area (Å²) in [6.07, 6.45) is 2.71. The highest BCUT2D eigenvalue weighted by Crippen LogP contribution is 2.28. The molecule has 8 nitrogen and oxygen atoms in total. The van der Waals surface area contributed by atoms with E-state index in [-0.39, 0.29) is 28.2 Å². The Bertz CT molecular complexity index is 951. The number of hydrogen-bond acceptors (Lipinski definition) is 7. The highest BCUT2D eigenvalue weighted by Gasteiger charge is 2.28. The Labute approximate surface area is 166 Å². The molecule has 3 rings (SSSR count). The molecule has 0 aliphatic carbocycles. The molecule has 1 aromatic heterocycles. The van der Waals surface area contributed by atoms with Gasteiger partial charge >= 0.3 is 11.9 Å². The van der Waals surface area contributed by atoms with Gasteiger partial charge in [-0.1, -0.05) is 23.7 Å². The fourth-order valence-corrected chi connectivity index (χ4v) is 3.53. The van der Waals surface area contributed by atoms with Crippen molar-refractivity contribution in [2.24, 2.45) is 5.92 Å². The normalized spacial score (nSPS) is 14.6. The van der Waals surface area contributed by atoms with Gasteiger partial charge in [0, 0.05) is 13.1 Å². The summed E-state index contributed by atoms with van der Waals surface area (Å²) in [4.78, 5) is 38.4. The molecule has 148 valence electrons. The Morgan fingerprint density at radius 2 is 1.79 bits per heavy atom. The predicted octanol–water partition coefficient (Wildman–Crippen LogP) is 2.06. The first kappa shape index (κ1) is 19.9. The lowest BCUT2D eigenvalue weighted by atomic mass is 9.97. The van der Waals surface area contributed by atoms with E-state index in [1.54, 1.807) is 24.3 Å². The van der Waals surface area contributed by atoms with E-state index < -0.39 is 11.5 Å². The molecule has 28 heavy (non-hydrogen) atoms. The summed E-state index contributed by atoms with van der Waals surface area (Å²) in [5.41, 5.74) is 0.465. The second-order valence-electron chi connectivity index (χ2n) is 6.35. The summed E-state index contributed by atoms with van der Waals surface area (Å²) >= 11 is 6.35. The molecule has 0 saturated carbocycles. The molecule has 0 atom stereocenters. The Balaban J connectivity index is 1.91. The highest BCUT2D eigenvalue weighted by molar-refractivity contribution is 6.33. The zero-order valence-corrected chi connectivity index (χ0v) is 16.3. The van der Waals surface area contributed by atoms with Crippen LogP contribution >= 0.6 is 11.6 Å². The molecule has 2 heterocycles. The van der Waals surface area contributed by atoms with Crippen molar-refractivity contribution in [2.45, 2.75) is 12.8 Å². The number of nitrogens with zero attached hydrogens (tertiary/aromatic N) is 3. The first-order valence-electron chi connectivity index (χ1n) is 8.76. The second-order valence-corrected chi connectivity index (χ2v) is 6.73. The maximum Gasteiger partial charge on any atom is 0.340 e. The number of rotatable bonds is 4. The Morgan fingerprint density at radius 1 is 1.11 bits per heavy atom. The minimum atomic E-state index is -0.575. The first-order valence-corrected chi connectivity index (χ1v) is 9.14. The van der Waals surface area contributed by atoms with Gasteiger partial charge in [0.2, 0.25) is 0 Å². The number of piperidine rings is 1. The number of esters is 2. The molecule has 0 N–H and O–H groups in total. The van der Waals surface area contributed by atoms with Gasteiger partial charge in [0.25, 0.3) is 5.56 Å². The standard InChI is InChI=1S/C19H20ClN3O5/c1-27-18(25)12-7-9-22(10-8-12)15-11-21-23(17(24)16(15)20)14-6-4-3-5-13(14)19(26)28-2/h3-6,11-12H,7-10H2,1-2H3. The van der Waals surface area contributed by atoms with Crippen LogP contribution in [0, 0.1) is 5.92 Å². The average molecular weight is 406 g/mol. The third-order valence-electron chi connectivity index (χ3n) is 4.81. The van der Waals surface area contributed by atoms with Crippen LogP contribution in [-0.4, -0.2) is 49.0 Å². The van der Waals surface area contributed by atoms with Crippen LogP contribution in [0.5, 0.6) is 0 Å². The van der Waals surface area contributed by atoms with Crippen LogP contribution in [-0.2, 0) is 14.3 Å². The minimum Gasteiger partial charge on any atom is -0.469 e. The fourth-order valence-electron chi connectivity index (χ4n) is 3.28. The van der Waals surface area contributed by atoms with Gasteiger partial charge < -0.3 is 14.4 Å².